The Labute approximate surface area is 110 Å². The van der Waals surface area contributed by atoms with Crippen molar-refractivity contribution >= 4 is 0 Å². The molecule has 0 bridgehead atoms. The Hall–Kier alpha value is -1.10. The first-order chi connectivity index (χ1) is 8.86. The molecular weight excluding hydrogens is 258 g/mol. The minimum absolute atomic E-state index is 0.156. The van der Waals surface area contributed by atoms with Crippen LogP contribution in [0.5, 0.6) is 0 Å². The standard InChI is InChI=1S/C14H17F4N/c1-10-3-2-6-19(8-10)9-11-4-5-12(15)7-13(11)14(16,17)18/h4-5,7,10H,2-3,6,8-9H2,1H3/t10-/m1/s1. The van der Waals surface area contributed by atoms with E-state index in [2.05, 4.69) is 6.92 Å². The highest BCUT2D eigenvalue weighted by Crippen LogP contribution is 2.33. The number of halogens is 4. The molecule has 1 heterocycles. The van der Waals surface area contributed by atoms with Crippen LogP contribution < -0.4 is 0 Å². The molecule has 106 valence electrons. The third-order valence-corrected chi connectivity index (χ3v) is 3.51. The summed E-state index contributed by atoms with van der Waals surface area (Å²) in [4.78, 5) is 2.01. The van der Waals surface area contributed by atoms with Gasteiger partial charge in [0.15, 0.2) is 0 Å². The number of likely N-dealkylation sites (tertiary alicyclic amines) is 1. The number of nitrogens with zero attached hydrogens (tertiary/aromatic N) is 1. The van der Waals surface area contributed by atoms with Gasteiger partial charge in [0.05, 0.1) is 5.56 Å². The summed E-state index contributed by atoms with van der Waals surface area (Å²) in [6.07, 6.45) is -2.38. The summed E-state index contributed by atoms with van der Waals surface area (Å²) in [5, 5.41) is 0. The van der Waals surface area contributed by atoms with Crippen molar-refractivity contribution in [1.82, 2.24) is 4.90 Å². The first kappa shape index (κ1) is 14.3. The van der Waals surface area contributed by atoms with Gasteiger partial charge in [0, 0.05) is 13.1 Å². The number of rotatable bonds is 2. The van der Waals surface area contributed by atoms with Crippen LogP contribution >= 0.6 is 0 Å². The maximum Gasteiger partial charge on any atom is 0.416 e. The van der Waals surface area contributed by atoms with Crippen molar-refractivity contribution in [1.29, 1.82) is 0 Å². The van der Waals surface area contributed by atoms with Gasteiger partial charge in [-0.3, -0.25) is 4.90 Å². The Morgan fingerprint density at radius 3 is 2.68 bits per heavy atom. The van der Waals surface area contributed by atoms with Crippen LogP contribution in [0.25, 0.3) is 0 Å². The Morgan fingerprint density at radius 1 is 1.32 bits per heavy atom. The molecule has 0 unspecified atom stereocenters. The maximum absolute atomic E-state index is 13.0. The van der Waals surface area contributed by atoms with Gasteiger partial charge in [-0.1, -0.05) is 13.0 Å². The number of hydrogen-bond donors (Lipinski definition) is 0. The molecule has 1 saturated heterocycles. The molecule has 5 heteroatoms. The van der Waals surface area contributed by atoms with Crippen LogP contribution in [0.2, 0.25) is 0 Å². The van der Waals surface area contributed by atoms with Gasteiger partial charge in [0.1, 0.15) is 5.82 Å². The van der Waals surface area contributed by atoms with Crippen molar-refractivity contribution in [3.63, 3.8) is 0 Å². The lowest BCUT2D eigenvalue weighted by atomic mass is 9.99. The molecule has 0 aromatic heterocycles. The van der Waals surface area contributed by atoms with Crippen LogP contribution in [-0.4, -0.2) is 18.0 Å². The monoisotopic (exact) mass is 275 g/mol. The Morgan fingerprint density at radius 2 is 2.05 bits per heavy atom. The van der Waals surface area contributed by atoms with Crippen molar-refractivity contribution in [3.8, 4) is 0 Å². The van der Waals surface area contributed by atoms with E-state index in [1.165, 1.54) is 6.07 Å². The summed E-state index contributed by atoms with van der Waals surface area (Å²) in [6.45, 7) is 3.94. The van der Waals surface area contributed by atoms with Crippen molar-refractivity contribution in [2.45, 2.75) is 32.5 Å². The number of alkyl halides is 3. The largest absolute Gasteiger partial charge is 0.416 e. The van der Waals surface area contributed by atoms with E-state index < -0.39 is 17.6 Å². The first-order valence-electron chi connectivity index (χ1n) is 6.44. The molecule has 0 aliphatic carbocycles. The summed E-state index contributed by atoms with van der Waals surface area (Å²) in [7, 11) is 0. The topological polar surface area (TPSA) is 3.24 Å². The lowest BCUT2D eigenvalue weighted by Gasteiger charge is -2.31. The zero-order chi connectivity index (χ0) is 14.0. The van der Waals surface area contributed by atoms with E-state index in [1.807, 2.05) is 4.90 Å². The van der Waals surface area contributed by atoms with E-state index in [1.54, 1.807) is 0 Å². The van der Waals surface area contributed by atoms with Gasteiger partial charge in [-0.15, -0.1) is 0 Å². The smallest absolute Gasteiger partial charge is 0.299 e. The highest BCUT2D eigenvalue weighted by Gasteiger charge is 2.34. The second-order valence-corrected chi connectivity index (χ2v) is 5.28. The molecule has 1 nitrogen and oxygen atoms in total. The summed E-state index contributed by atoms with van der Waals surface area (Å²) in [6, 6.07) is 2.93. The average Bonchev–Trinajstić information content (AvgIpc) is 2.30. The van der Waals surface area contributed by atoms with E-state index >= 15 is 0 Å². The number of piperidine rings is 1. The van der Waals surface area contributed by atoms with Crippen molar-refractivity contribution in [2.75, 3.05) is 13.1 Å². The molecule has 0 N–H and O–H groups in total. The number of benzene rings is 1. The zero-order valence-corrected chi connectivity index (χ0v) is 10.8. The van der Waals surface area contributed by atoms with E-state index in [0.717, 1.165) is 32.0 Å². The molecule has 1 aliphatic heterocycles. The fraction of sp³-hybridized carbons (Fsp3) is 0.571. The maximum atomic E-state index is 13.0. The van der Waals surface area contributed by atoms with Gasteiger partial charge >= 0.3 is 6.18 Å². The minimum Gasteiger partial charge on any atom is -0.299 e. The molecule has 1 fully saturated rings. The quantitative estimate of drug-likeness (QED) is 0.735. The number of hydrogen-bond acceptors (Lipinski definition) is 1. The second kappa shape index (κ2) is 5.49. The summed E-state index contributed by atoms with van der Waals surface area (Å²) < 4.78 is 51.6. The molecule has 0 radical (unpaired) electrons. The van der Waals surface area contributed by atoms with E-state index in [4.69, 9.17) is 0 Å². The lowest BCUT2D eigenvalue weighted by Crippen LogP contribution is -2.34. The fourth-order valence-electron chi connectivity index (χ4n) is 2.62. The van der Waals surface area contributed by atoms with E-state index in [-0.39, 0.29) is 12.1 Å². The molecule has 1 aliphatic rings. The van der Waals surface area contributed by atoms with Crippen LogP contribution in [-0.2, 0) is 12.7 Å². The summed E-state index contributed by atoms with van der Waals surface area (Å²) in [5.41, 5.74) is -0.700. The van der Waals surface area contributed by atoms with Crippen molar-refractivity contribution < 1.29 is 17.6 Å². The average molecular weight is 275 g/mol. The van der Waals surface area contributed by atoms with Gasteiger partial charge in [-0.2, -0.15) is 13.2 Å². The van der Waals surface area contributed by atoms with E-state index in [9.17, 15) is 17.6 Å². The fourth-order valence-corrected chi connectivity index (χ4v) is 2.62. The predicted octanol–water partition coefficient (Wildman–Crippen LogP) is 4.08. The summed E-state index contributed by atoms with van der Waals surface area (Å²) >= 11 is 0. The second-order valence-electron chi connectivity index (χ2n) is 5.28. The first-order valence-corrected chi connectivity index (χ1v) is 6.44. The normalized spacial score (nSPS) is 21.6. The van der Waals surface area contributed by atoms with Gasteiger partial charge in [0.2, 0.25) is 0 Å². The van der Waals surface area contributed by atoms with Crippen molar-refractivity contribution in [2.24, 2.45) is 5.92 Å². The molecule has 1 aromatic carbocycles. The lowest BCUT2D eigenvalue weighted by molar-refractivity contribution is -0.138. The van der Waals surface area contributed by atoms with Crippen LogP contribution in [0.3, 0.4) is 0 Å². The van der Waals surface area contributed by atoms with Crippen LogP contribution in [0.1, 0.15) is 30.9 Å². The molecule has 1 aromatic rings. The van der Waals surface area contributed by atoms with Crippen LogP contribution in [0.15, 0.2) is 18.2 Å². The van der Waals surface area contributed by atoms with Gasteiger partial charge in [0.25, 0.3) is 0 Å². The van der Waals surface area contributed by atoms with Crippen LogP contribution in [0, 0.1) is 11.7 Å². The highest BCUT2D eigenvalue weighted by molar-refractivity contribution is 5.30. The van der Waals surface area contributed by atoms with Crippen LogP contribution in [0.4, 0.5) is 17.6 Å². The van der Waals surface area contributed by atoms with E-state index in [0.29, 0.717) is 12.0 Å². The third-order valence-electron chi connectivity index (χ3n) is 3.51. The molecule has 0 saturated carbocycles. The third kappa shape index (κ3) is 3.69. The SMILES string of the molecule is C[C@@H]1CCCN(Cc2ccc(F)cc2C(F)(F)F)C1. The van der Waals surface area contributed by atoms with Gasteiger partial charge < -0.3 is 0 Å². The zero-order valence-electron chi connectivity index (χ0n) is 10.8. The molecule has 2 rings (SSSR count). The Bertz CT molecular complexity index is 442. The van der Waals surface area contributed by atoms with Gasteiger partial charge in [-0.05, 0) is 43.0 Å². The molecule has 1 atom stereocenters. The predicted molar refractivity (Wildman–Crippen MR) is 65.1 cm³/mol. The van der Waals surface area contributed by atoms with Crippen molar-refractivity contribution in [3.05, 3.63) is 35.1 Å². The Balaban J connectivity index is 2.20. The molecule has 0 spiro atoms. The van der Waals surface area contributed by atoms with Gasteiger partial charge in [-0.25, -0.2) is 4.39 Å². The molecule has 0 amide bonds. The molecule has 19 heavy (non-hydrogen) atoms. The molecular formula is C14H17F4N. The Kier molecular flexibility index (Phi) is 4.13. The highest BCUT2D eigenvalue weighted by atomic mass is 19.4. The summed E-state index contributed by atoms with van der Waals surface area (Å²) in [5.74, 6) is -0.341. The minimum atomic E-state index is -4.50.